The van der Waals surface area contributed by atoms with Crippen LogP contribution in [-0.4, -0.2) is 23.2 Å². The molecule has 122 valence electrons. The SMILES string of the molecule is O=C(NC1CCCCC1O)c1occc1COc1ccccc1. The van der Waals surface area contributed by atoms with Crippen molar-refractivity contribution in [2.24, 2.45) is 0 Å². The van der Waals surface area contributed by atoms with Crippen LogP contribution in [0.2, 0.25) is 0 Å². The lowest BCUT2D eigenvalue weighted by molar-refractivity contribution is 0.0696. The number of furan rings is 1. The molecule has 1 fully saturated rings. The molecule has 0 radical (unpaired) electrons. The molecule has 5 heteroatoms. The number of para-hydroxylation sites is 1. The summed E-state index contributed by atoms with van der Waals surface area (Å²) >= 11 is 0. The second kappa shape index (κ2) is 7.33. The molecule has 0 bridgehead atoms. The first-order valence-corrected chi connectivity index (χ1v) is 7.97. The number of hydrogen-bond donors (Lipinski definition) is 2. The highest BCUT2D eigenvalue weighted by atomic mass is 16.5. The standard InChI is InChI=1S/C18H21NO4/c20-16-9-5-4-8-15(16)19-18(21)17-13(10-11-22-17)12-23-14-6-2-1-3-7-14/h1-3,6-7,10-11,15-16,20H,4-5,8-9,12H2,(H,19,21). The van der Waals surface area contributed by atoms with Gasteiger partial charge >= 0.3 is 0 Å². The van der Waals surface area contributed by atoms with Crippen molar-refractivity contribution in [3.63, 3.8) is 0 Å². The van der Waals surface area contributed by atoms with Crippen LogP contribution in [0.25, 0.3) is 0 Å². The van der Waals surface area contributed by atoms with Crippen molar-refractivity contribution in [2.75, 3.05) is 0 Å². The lowest BCUT2D eigenvalue weighted by atomic mass is 9.92. The van der Waals surface area contributed by atoms with E-state index >= 15 is 0 Å². The summed E-state index contributed by atoms with van der Waals surface area (Å²) < 4.78 is 11.0. The minimum absolute atomic E-state index is 0.204. The van der Waals surface area contributed by atoms with Gasteiger partial charge in [-0.15, -0.1) is 0 Å². The van der Waals surface area contributed by atoms with Crippen molar-refractivity contribution in [1.82, 2.24) is 5.32 Å². The molecule has 1 heterocycles. The Kier molecular flexibility index (Phi) is 4.98. The van der Waals surface area contributed by atoms with Crippen LogP contribution < -0.4 is 10.1 Å². The van der Waals surface area contributed by atoms with Gasteiger partial charge in [-0.2, -0.15) is 0 Å². The van der Waals surface area contributed by atoms with Crippen LogP contribution in [0.1, 0.15) is 41.8 Å². The van der Waals surface area contributed by atoms with E-state index in [1.54, 1.807) is 6.07 Å². The Morgan fingerprint density at radius 3 is 2.78 bits per heavy atom. The van der Waals surface area contributed by atoms with Gasteiger partial charge in [0, 0.05) is 5.56 Å². The Labute approximate surface area is 135 Å². The molecule has 1 saturated carbocycles. The average Bonchev–Trinajstić information content (AvgIpc) is 3.05. The zero-order chi connectivity index (χ0) is 16.1. The largest absolute Gasteiger partial charge is 0.489 e. The number of aliphatic hydroxyl groups excluding tert-OH is 1. The van der Waals surface area contributed by atoms with Crippen LogP contribution in [0.3, 0.4) is 0 Å². The Morgan fingerprint density at radius 2 is 2.00 bits per heavy atom. The Hall–Kier alpha value is -2.27. The second-order valence-corrected chi connectivity index (χ2v) is 5.81. The molecular weight excluding hydrogens is 294 g/mol. The number of benzene rings is 1. The molecule has 1 aromatic carbocycles. The Bertz CT molecular complexity index is 637. The van der Waals surface area contributed by atoms with Gasteiger partial charge in [-0.05, 0) is 31.0 Å². The molecule has 1 amide bonds. The minimum atomic E-state index is -0.480. The maximum absolute atomic E-state index is 12.4. The molecule has 3 rings (SSSR count). The number of ether oxygens (including phenoxy) is 1. The van der Waals surface area contributed by atoms with Gasteiger partial charge in [-0.3, -0.25) is 4.79 Å². The fourth-order valence-electron chi connectivity index (χ4n) is 2.84. The predicted molar refractivity (Wildman–Crippen MR) is 85.2 cm³/mol. The van der Waals surface area contributed by atoms with Crippen LogP contribution in [0, 0.1) is 0 Å². The molecule has 5 nitrogen and oxygen atoms in total. The van der Waals surface area contributed by atoms with Crippen LogP contribution in [0.5, 0.6) is 5.75 Å². The summed E-state index contributed by atoms with van der Waals surface area (Å²) in [5, 5.41) is 12.8. The minimum Gasteiger partial charge on any atom is -0.489 e. The van der Waals surface area contributed by atoms with E-state index in [2.05, 4.69) is 5.32 Å². The molecule has 2 aromatic rings. The Morgan fingerprint density at radius 1 is 1.22 bits per heavy atom. The third kappa shape index (κ3) is 3.93. The van der Waals surface area contributed by atoms with Gasteiger partial charge < -0.3 is 19.6 Å². The van der Waals surface area contributed by atoms with E-state index in [1.807, 2.05) is 30.3 Å². The molecule has 0 aliphatic heterocycles. The lowest BCUT2D eigenvalue weighted by Crippen LogP contribution is -2.45. The highest BCUT2D eigenvalue weighted by Gasteiger charge is 2.26. The van der Waals surface area contributed by atoms with Crippen LogP contribution >= 0.6 is 0 Å². The molecule has 1 aliphatic carbocycles. The van der Waals surface area contributed by atoms with Gasteiger partial charge in [0.15, 0.2) is 5.76 Å². The normalized spacial score (nSPS) is 20.9. The van der Waals surface area contributed by atoms with E-state index in [1.165, 1.54) is 6.26 Å². The molecular formula is C18H21NO4. The highest BCUT2D eigenvalue weighted by molar-refractivity contribution is 5.93. The third-order valence-electron chi connectivity index (χ3n) is 4.14. The summed E-state index contributed by atoms with van der Waals surface area (Å²) in [5.41, 5.74) is 0.691. The highest BCUT2D eigenvalue weighted by Crippen LogP contribution is 2.20. The average molecular weight is 315 g/mol. The summed E-state index contributed by atoms with van der Waals surface area (Å²) in [5.74, 6) is 0.689. The van der Waals surface area contributed by atoms with Crippen molar-refractivity contribution in [1.29, 1.82) is 0 Å². The van der Waals surface area contributed by atoms with Gasteiger partial charge in [0.05, 0.1) is 18.4 Å². The van der Waals surface area contributed by atoms with E-state index in [4.69, 9.17) is 9.15 Å². The summed E-state index contributed by atoms with van der Waals surface area (Å²) in [6.07, 6.45) is 4.55. The number of hydrogen-bond acceptors (Lipinski definition) is 4. The molecule has 23 heavy (non-hydrogen) atoms. The molecule has 2 N–H and O–H groups in total. The Balaban J connectivity index is 1.62. The maximum Gasteiger partial charge on any atom is 0.287 e. The molecule has 1 aromatic heterocycles. The van der Waals surface area contributed by atoms with Gasteiger partial charge in [-0.1, -0.05) is 31.0 Å². The van der Waals surface area contributed by atoms with Gasteiger partial charge in [0.1, 0.15) is 12.4 Å². The van der Waals surface area contributed by atoms with Crippen LogP contribution in [-0.2, 0) is 6.61 Å². The van der Waals surface area contributed by atoms with Crippen LogP contribution in [0.4, 0.5) is 0 Å². The predicted octanol–water partition coefficient (Wildman–Crippen LogP) is 2.89. The van der Waals surface area contributed by atoms with Crippen molar-refractivity contribution in [2.45, 2.75) is 44.4 Å². The van der Waals surface area contributed by atoms with Gasteiger partial charge in [0.2, 0.25) is 0 Å². The van der Waals surface area contributed by atoms with E-state index < -0.39 is 6.10 Å². The van der Waals surface area contributed by atoms with Crippen molar-refractivity contribution in [3.05, 3.63) is 54.0 Å². The summed E-state index contributed by atoms with van der Waals surface area (Å²) in [6, 6.07) is 10.9. The van der Waals surface area contributed by atoms with E-state index in [0.717, 1.165) is 31.4 Å². The molecule has 1 aliphatic rings. The lowest BCUT2D eigenvalue weighted by Gasteiger charge is -2.28. The topological polar surface area (TPSA) is 71.7 Å². The molecule has 0 spiro atoms. The number of carbonyl (C=O) groups is 1. The fraction of sp³-hybridized carbons (Fsp3) is 0.389. The van der Waals surface area contributed by atoms with Crippen molar-refractivity contribution in [3.8, 4) is 5.75 Å². The first kappa shape index (κ1) is 15.6. The maximum atomic E-state index is 12.4. The summed E-state index contributed by atoms with van der Waals surface area (Å²) in [7, 11) is 0. The summed E-state index contributed by atoms with van der Waals surface area (Å²) in [4.78, 5) is 12.4. The third-order valence-corrected chi connectivity index (χ3v) is 4.14. The van der Waals surface area contributed by atoms with E-state index in [-0.39, 0.29) is 24.3 Å². The fourth-order valence-corrected chi connectivity index (χ4v) is 2.84. The number of rotatable bonds is 5. The smallest absolute Gasteiger partial charge is 0.287 e. The molecule has 0 saturated heterocycles. The van der Waals surface area contributed by atoms with Gasteiger partial charge in [-0.25, -0.2) is 0 Å². The summed E-state index contributed by atoms with van der Waals surface area (Å²) in [6.45, 7) is 0.260. The molecule has 2 atom stereocenters. The van der Waals surface area contributed by atoms with Crippen molar-refractivity contribution >= 4 is 5.91 Å². The zero-order valence-corrected chi connectivity index (χ0v) is 12.9. The molecule has 2 unspecified atom stereocenters. The monoisotopic (exact) mass is 315 g/mol. The van der Waals surface area contributed by atoms with Crippen molar-refractivity contribution < 1.29 is 19.1 Å². The quantitative estimate of drug-likeness (QED) is 0.890. The zero-order valence-electron chi connectivity index (χ0n) is 12.9. The van der Waals surface area contributed by atoms with E-state index in [0.29, 0.717) is 5.56 Å². The second-order valence-electron chi connectivity index (χ2n) is 5.81. The van der Waals surface area contributed by atoms with Gasteiger partial charge in [0.25, 0.3) is 5.91 Å². The number of amides is 1. The van der Waals surface area contributed by atoms with E-state index in [9.17, 15) is 9.90 Å². The first-order chi connectivity index (χ1) is 11.2. The number of nitrogens with one attached hydrogen (secondary N) is 1. The number of aliphatic hydroxyl groups is 1. The first-order valence-electron chi connectivity index (χ1n) is 7.97. The number of carbonyl (C=O) groups excluding carboxylic acids is 1. The van der Waals surface area contributed by atoms with Crippen LogP contribution in [0.15, 0.2) is 47.1 Å².